The number of amides is 4. The predicted octanol–water partition coefficient (Wildman–Crippen LogP) is 0.0820. The van der Waals surface area contributed by atoms with Gasteiger partial charge in [0.15, 0.2) is 0 Å². The Morgan fingerprint density at radius 1 is 1.21 bits per heavy atom. The molecular formula is C14H22N4O6. The Balaban J connectivity index is 1.40. The van der Waals surface area contributed by atoms with Gasteiger partial charge in [0.1, 0.15) is 6.04 Å². The lowest BCUT2D eigenvalue weighted by molar-refractivity contribution is -0.140. The number of hydroxylamine groups is 3. The van der Waals surface area contributed by atoms with E-state index in [4.69, 9.17) is 9.94 Å². The normalized spacial score (nSPS) is 27.5. The first kappa shape index (κ1) is 16.8. The summed E-state index contributed by atoms with van der Waals surface area (Å²) < 4.78 is 0. The maximum absolute atomic E-state index is 12.2. The van der Waals surface area contributed by atoms with E-state index in [0.717, 1.165) is 0 Å². The molecule has 4 amide bonds. The minimum Gasteiger partial charge on any atom is -0.465 e. The molecule has 2 atom stereocenters. The van der Waals surface area contributed by atoms with Crippen molar-refractivity contribution < 1.29 is 29.5 Å². The molecule has 3 heterocycles. The van der Waals surface area contributed by atoms with Crippen LogP contribution in [-0.2, 0) is 9.63 Å². The molecule has 10 nitrogen and oxygen atoms in total. The number of carbonyl (C=O) groups excluding carboxylic acids is 2. The quantitative estimate of drug-likeness (QED) is 0.491. The molecule has 3 aliphatic heterocycles. The SMILES string of the molecule is O=C(NOCC1CCN(C(=O)O)CC1)[C@@H]1CC[C@@H]2CN1C(=O)N2O. The zero-order chi connectivity index (χ0) is 17.3. The third kappa shape index (κ3) is 3.24. The van der Waals surface area contributed by atoms with Gasteiger partial charge in [-0.15, -0.1) is 0 Å². The van der Waals surface area contributed by atoms with E-state index in [0.29, 0.717) is 57.0 Å². The molecule has 3 saturated heterocycles. The first-order valence-corrected chi connectivity index (χ1v) is 8.15. The highest BCUT2D eigenvalue weighted by Gasteiger charge is 2.46. The molecule has 3 fully saturated rings. The number of carboxylic acid groups (broad SMARTS) is 1. The fourth-order valence-electron chi connectivity index (χ4n) is 3.51. The molecule has 3 aliphatic rings. The second-order valence-electron chi connectivity index (χ2n) is 6.52. The lowest BCUT2D eigenvalue weighted by Crippen LogP contribution is -2.50. The number of urea groups is 1. The topological polar surface area (TPSA) is 123 Å². The van der Waals surface area contributed by atoms with E-state index in [1.54, 1.807) is 0 Å². The van der Waals surface area contributed by atoms with E-state index in [9.17, 15) is 19.6 Å². The van der Waals surface area contributed by atoms with Gasteiger partial charge in [0, 0.05) is 19.6 Å². The molecular weight excluding hydrogens is 320 g/mol. The van der Waals surface area contributed by atoms with Gasteiger partial charge < -0.3 is 14.9 Å². The fourth-order valence-corrected chi connectivity index (χ4v) is 3.51. The lowest BCUT2D eigenvalue weighted by atomic mass is 9.98. The number of nitrogens with one attached hydrogen (secondary N) is 1. The summed E-state index contributed by atoms with van der Waals surface area (Å²) in [5, 5.41) is 19.2. The van der Waals surface area contributed by atoms with Crippen LogP contribution in [-0.4, -0.2) is 81.5 Å². The van der Waals surface area contributed by atoms with E-state index in [-0.39, 0.29) is 17.9 Å². The minimum atomic E-state index is -0.911. The molecule has 0 spiro atoms. The zero-order valence-electron chi connectivity index (χ0n) is 13.3. The van der Waals surface area contributed by atoms with Crippen molar-refractivity contribution in [3.05, 3.63) is 0 Å². The highest BCUT2D eigenvalue weighted by atomic mass is 16.7. The number of hydrogen-bond donors (Lipinski definition) is 3. The highest BCUT2D eigenvalue weighted by Crippen LogP contribution is 2.28. The maximum Gasteiger partial charge on any atom is 0.407 e. The van der Waals surface area contributed by atoms with Gasteiger partial charge in [-0.05, 0) is 31.6 Å². The average Bonchev–Trinajstić information content (AvgIpc) is 2.80. The number of carbonyl (C=O) groups is 3. The van der Waals surface area contributed by atoms with Crippen LogP contribution in [0.15, 0.2) is 0 Å². The Hall–Kier alpha value is -2.07. The van der Waals surface area contributed by atoms with Gasteiger partial charge in [0.05, 0.1) is 12.6 Å². The molecule has 134 valence electrons. The average molecular weight is 342 g/mol. The van der Waals surface area contributed by atoms with E-state index in [1.165, 1.54) is 9.80 Å². The van der Waals surface area contributed by atoms with Crippen molar-refractivity contribution in [2.45, 2.75) is 37.8 Å². The van der Waals surface area contributed by atoms with Crippen molar-refractivity contribution in [3.63, 3.8) is 0 Å². The van der Waals surface area contributed by atoms with Gasteiger partial charge in [0.25, 0.3) is 5.91 Å². The monoisotopic (exact) mass is 342 g/mol. The summed E-state index contributed by atoms with van der Waals surface area (Å²) >= 11 is 0. The summed E-state index contributed by atoms with van der Waals surface area (Å²) in [4.78, 5) is 42.9. The number of likely N-dealkylation sites (tertiary alicyclic amines) is 1. The summed E-state index contributed by atoms with van der Waals surface area (Å²) in [6.07, 6.45) is 1.53. The number of rotatable bonds is 4. The third-order valence-corrected chi connectivity index (χ3v) is 5.02. The Labute approximate surface area is 138 Å². The van der Waals surface area contributed by atoms with Gasteiger partial charge in [-0.3, -0.25) is 14.8 Å². The Morgan fingerprint density at radius 2 is 1.92 bits per heavy atom. The third-order valence-electron chi connectivity index (χ3n) is 5.02. The van der Waals surface area contributed by atoms with Crippen LogP contribution in [0.1, 0.15) is 25.7 Å². The number of fused-ring (bicyclic) bond motifs is 2. The molecule has 3 N–H and O–H groups in total. The maximum atomic E-state index is 12.2. The van der Waals surface area contributed by atoms with Gasteiger partial charge >= 0.3 is 12.1 Å². The second-order valence-corrected chi connectivity index (χ2v) is 6.52. The number of hydrogen-bond acceptors (Lipinski definition) is 5. The molecule has 0 aromatic carbocycles. The van der Waals surface area contributed by atoms with Crippen LogP contribution in [0.5, 0.6) is 0 Å². The molecule has 0 aromatic rings. The minimum absolute atomic E-state index is 0.193. The largest absolute Gasteiger partial charge is 0.465 e. The van der Waals surface area contributed by atoms with Crippen LogP contribution < -0.4 is 5.48 Å². The summed E-state index contributed by atoms with van der Waals surface area (Å²) in [7, 11) is 0. The summed E-state index contributed by atoms with van der Waals surface area (Å²) in [5.74, 6) is -0.196. The number of nitrogens with zero attached hydrogens (tertiary/aromatic N) is 3. The van der Waals surface area contributed by atoms with E-state index in [2.05, 4.69) is 5.48 Å². The molecule has 0 radical (unpaired) electrons. The lowest BCUT2D eigenvalue weighted by Gasteiger charge is -2.31. The molecule has 0 saturated carbocycles. The van der Waals surface area contributed by atoms with Crippen molar-refractivity contribution >= 4 is 18.0 Å². The molecule has 10 heteroatoms. The van der Waals surface area contributed by atoms with E-state index in [1.807, 2.05) is 0 Å². The first-order valence-electron chi connectivity index (χ1n) is 8.15. The van der Waals surface area contributed by atoms with Crippen LogP contribution in [0.2, 0.25) is 0 Å². The van der Waals surface area contributed by atoms with Gasteiger partial charge in [-0.25, -0.2) is 20.1 Å². The van der Waals surface area contributed by atoms with Crippen LogP contribution in [0.4, 0.5) is 9.59 Å². The molecule has 2 bridgehead atoms. The molecule has 0 unspecified atom stereocenters. The van der Waals surface area contributed by atoms with Crippen molar-refractivity contribution in [2.75, 3.05) is 26.2 Å². The van der Waals surface area contributed by atoms with Crippen molar-refractivity contribution in [1.29, 1.82) is 0 Å². The standard InChI is InChI=1S/C14H22N4O6/c19-12(11-2-1-10-7-17(11)13(20)18(10)23)15-24-8-9-3-5-16(6-4-9)14(21)22/h9-11,23H,1-8H2,(H,15,19)(H,21,22)/t10-,11+/m1/s1. The van der Waals surface area contributed by atoms with Gasteiger partial charge in [-0.2, -0.15) is 0 Å². The van der Waals surface area contributed by atoms with Crippen LogP contribution >= 0.6 is 0 Å². The predicted molar refractivity (Wildman–Crippen MR) is 79.0 cm³/mol. The van der Waals surface area contributed by atoms with E-state index < -0.39 is 18.2 Å². The van der Waals surface area contributed by atoms with Crippen LogP contribution in [0, 0.1) is 5.92 Å². The molecule has 24 heavy (non-hydrogen) atoms. The Bertz CT molecular complexity index is 521. The Kier molecular flexibility index (Phi) is 4.76. The summed E-state index contributed by atoms with van der Waals surface area (Å²) in [6.45, 7) is 1.60. The summed E-state index contributed by atoms with van der Waals surface area (Å²) in [6, 6.07) is -1.40. The smallest absolute Gasteiger partial charge is 0.407 e. The first-order chi connectivity index (χ1) is 11.5. The van der Waals surface area contributed by atoms with Crippen LogP contribution in [0.3, 0.4) is 0 Å². The van der Waals surface area contributed by atoms with Crippen molar-refractivity contribution in [2.24, 2.45) is 5.92 Å². The molecule has 0 aromatic heterocycles. The van der Waals surface area contributed by atoms with E-state index >= 15 is 0 Å². The fraction of sp³-hybridized carbons (Fsp3) is 0.786. The molecule has 3 rings (SSSR count). The van der Waals surface area contributed by atoms with Crippen molar-refractivity contribution in [1.82, 2.24) is 20.3 Å². The highest BCUT2D eigenvalue weighted by molar-refractivity contribution is 5.87. The van der Waals surface area contributed by atoms with Gasteiger partial charge in [-0.1, -0.05) is 0 Å². The van der Waals surface area contributed by atoms with Gasteiger partial charge in [0.2, 0.25) is 0 Å². The number of piperidine rings is 2. The zero-order valence-corrected chi connectivity index (χ0v) is 13.3. The molecule has 0 aliphatic carbocycles. The second kappa shape index (κ2) is 6.81. The Morgan fingerprint density at radius 3 is 2.58 bits per heavy atom. The summed E-state index contributed by atoms with van der Waals surface area (Å²) in [5.41, 5.74) is 2.39. The van der Waals surface area contributed by atoms with Crippen LogP contribution in [0.25, 0.3) is 0 Å². The van der Waals surface area contributed by atoms with Crippen molar-refractivity contribution in [3.8, 4) is 0 Å².